The zero-order valence-electron chi connectivity index (χ0n) is 20.2. The molecule has 18 heteroatoms. The number of sulfonamides is 2. The van der Waals surface area contributed by atoms with E-state index in [0.29, 0.717) is 19.3 Å². The molecule has 0 bridgehead atoms. The number of hydrogen-bond acceptors (Lipinski definition) is 6. The molecule has 15 nitrogen and oxygen atoms in total. The van der Waals surface area contributed by atoms with Gasteiger partial charge in [-0.15, -0.1) is 0 Å². The Morgan fingerprint density at radius 1 is 0.676 bits per heavy atom. The summed E-state index contributed by atoms with van der Waals surface area (Å²) in [5, 5.41) is 0. The second kappa shape index (κ2) is 21.9. The van der Waals surface area contributed by atoms with Crippen LogP contribution in [-0.4, -0.2) is 40.9 Å². The van der Waals surface area contributed by atoms with Crippen molar-refractivity contribution in [3.63, 3.8) is 0 Å². The molecule has 0 aliphatic carbocycles. The smallest absolute Gasteiger partial charge is 0.373 e. The first-order valence-electron chi connectivity index (χ1n) is 9.49. The number of carbonyl (C=O) groups excluding carboxylic acids is 2. The average molecular weight is 560 g/mol. The molecule has 0 fully saturated rings. The van der Waals surface area contributed by atoms with E-state index >= 15 is 0 Å². The Balaban J connectivity index is -0.000000534. The van der Waals surface area contributed by atoms with Crippen molar-refractivity contribution in [2.24, 2.45) is 9.04 Å². The summed E-state index contributed by atoms with van der Waals surface area (Å²) < 4.78 is 44.1. The Bertz CT molecular complexity index is 1220. The summed E-state index contributed by atoms with van der Waals surface area (Å²) >= 11 is 0. The maximum Gasteiger partial charge on any atom is 1.00 e. The van der Waals surface area contributed by atoms with E-state index in [1.807, 2.05) is 46.2 Å². The van der Waals surface area contributed by atoms with Crippen LogP contribution in [0.15, 0.2) is 69.7 Å². The first kappa shape index (κ1) is 38.1. The summed E-state index contributed by atoms with van der Waals surface area (Å²) in [5.41, 5.74) is 29.9. The number of ketones is 2. The molecule has 0 aliphatic heterocycles. The molecule has 0 atom stereocenters. The molecule has 0 spiro atoms. The van der Waals surface area contributed by atoms with E-state index in [1.54, 1.807) is 24.3 Å². The van der Waals surface area contributed by atoms with Gasteiger partial charge < -0.3 is 11.1 Å². The molecule has 2 rings (SSSR count). The third-order valence-electron chi connectivity index (χ3n) is 3.37. The normalized spacial score (nSPS) is 9.14. The number of rotatable bonds is 8. The molecular weight excluding hydrogens is 537 g/mol. The van der Waals surface area contributed by atoms with Crippen molar-refractivity contribution >= 4 is 31.6 Å². The molecule has 0 aromatic heterocycles. The van der Waals surface area contributed by atoms with Gasteiger partial charge in [0, 0.05) is 55.3 Å². The Kier molecular flexibility index (Phi) is 22.5. The van der Waals surface area contributed by atoms with Crippen molar-refractivity contribution < 1.29 is 56.0 Å². The number of benzene rings is 2. The molecule has 0 amide bonds. The molecule has 0 aliphatic rings. The fraction of sp³-hybridized carbons (Fsp3) is 0.263. The predicted octanol–water partition coefficient (Wildman–Crippen LogP) is 2.31. The van der Waals surface area contributed by atoms with E-state index in [9.17, 15) is 26.4 Å². The van der Waals surface area contributed by atoms with Gasteiger partial charge in [-0.2, -0.15) is 0 Å². The number of hydrogen-bond donors (Lipinski definition) is 0. The largest absolute Gasteiger partial charge is 1.00 e. The molecule has 0 heterocycles. The van der Waals surface area contributed by atoms with E-state index in [0.717, 1.165) is 23.6 Å². The zero-order valence-corrected chi connectivity index (χ0v) is 23.8. The maximum atomic E-state index is 11.9. The Morgan fingerprint density at radius 3 is 1.14 bits per heavy atom. The SMILES string of the molecule is CS(=O)(=O)N=[N+]=[N-].CS(=O)(=O)N=[N+]=[N-].O=C(CCCC(=O)c1ccccc1)c1ccccc1.[N-]=[N+]=[N-].[Na+]. The maximum absolute atomic E-state index is 11.9. The van der Waals surface area contributed by atoms with Gasteiger partial charge in [0.1, 0.15) is 0 Å². The number of carbonyl (C=O) groups is 2. The molecule has 0 N–H and O–H groups in total. The van der Waals surface area contributed by atoms with Gasteiger partial charge in [0.2, 0.25) is 20.0 Å². The topological polar surface area (TPSA) is 259 Å². The van der Waals surface area contributed by atoms with Crippen LogP contribution in [0, 0.1) is 0 Å². The Labute approximate surface area is 236 Å². The molecule has 0 radical (unpaired) electrons. The zero-order chi connectivity index (χ0) is 28.0. The summed E-state index contributed by atoms with van der Waals surface area (Å²) in [6.45, 7) is 0. The van der Waals surface area contributed by atoms with Crippen LogP contribution in [0.1, 0.15) is 40.0 Å². The van der Waals surface area contributed by atoms with Crippen LogP contribution in [0.4, 0.5) is 0 Å². The molecule has 2 aromatic carbocycles. The number of Topliss-reactive ketones (excluding diaryl/α,β-unsaturated/α-hetero) is 2. The van der Waals surface area contributed by atoms with Crippen molar-refractivity contribution in [2.45, 2.75) is 19.3 Å². The van der Waals surface area contributed by atoms with Crippen LogP contribution < -0.4 is 29.6 Å². The first-order chi connectivity index (χ1) is 16.8. The van der Waals surface area contributed by atoms with Gasteiger partial charge in [-0.05, 0) is 17.5 Å². The van der Waals surface area contributed by atoms with Crippen molar-refractivity contribution in [1.29, 1.82) is 0 Å². The van der Waals surface area contributed by atoms with Gasteiger partial charge in [-0.25, -0.2) is 16.8 Å². The van der Waals surface area contributed by atoms with Crippen molar-refractivity contribution in [3.05, 3.63) is 109 Å². The van der Waals surface area contributed by atoms with E-state index in [-0.39, 0.29) is 41.1 Å². The molecular formula is C19H22N9NaO6S2. The number of azide groups is 2. The quantitative estimate of drug-likeness (QED) is 0.154. The standard InChI is InChI=1S/C17H16O2.2CH3N3O2S.N3.Na/c18-16(14-8-3-1-4-9-14)12-7-13-17(19)15-10-5-2-6-11-15;2*1-7(5,6)4-3-2;1-3-2;/h1-6,8-11H,7,12-13H2;2*1H3;;/q;;;-1;+1. The third kappa shape index (κ3) is 25.5. The summed E-state index contributed by atoms with van der Waals surface area (Å²) in [4.78, 5) is 29.3. The summed E-state index contributed by atoms with van der Waals surface area (Å²) in [7, 11) is -6.93. The van der Waals surface area contributed by atoms with Crippen LogP contribution in [-0.2, 0) is 20.0 Å². The van der Waals surface area contributed by atoms with E-state index < -0.39 is 20.0 Å². The molecule has 0 saturated heterocycles. The van der Waals surface area contributed by atoms with Crippen LogP contribution >= 0.6 is 0 Å². The van der Waals surface area contributed by atoms with Gasteiger partial charge in [0.15, 0.2) is 11.6 Å². The predicted molar refractivity (Wildman–Crippen MR) is 133 cm³/mol. The van der Waals surface area contributed by atoms with Crippen LogP contribution in [0.25, 0.3) is 36.9 Å². The molecule has 37 heavy (non-hydrogen) atoms. The fourth-order valence-electron chi connectivity index (χ4n) is 2.08. The minimum Gasteiger partial charge on any atom is -0.373 e. The first-order valence-corrected chi connectivity index (χ1v) is 13.2. The van der Waals surface area contributed by atoms with Gasteiger partial charge >= 0.3 is 29.6 Å². The third-order valence-corrected chi connectivity index (χ3v) is 4.11. The van der Waals surface area contributed by atoms with Gasteiger partial charge in [-0.1, -0.05) is 60.7 Å². The van der Waals surface area contributed by atoms with E-state index in [2.05, 4.69) is 9.04 Å². The van der Waals surface area contributed by atoms with Gasteiger partial charge in [0.05, 0.1) is 0 Å². The Morgan fingerprint density at radius 2 is 0.946 bits per heavy atom. The fourth-order valence-corrected chi connectivity index (χ4v) is 2.34. The van der Waals surface area contributed by atoms with E-state index in [4.69, 9.17) is 22.1 Å². The summed E-state index contributed by atoms with van der Waals surface area (Å²) in [6, 6.07) is 18.4. The second-order valence-electron chi connectivity index (χ2n) is 6.33. The van der Waals surface area contributed by atoms with Crippen molar-refractivity contribution in [1.82, 2.24) is 0 Å². The van der Waals surface area contributed by atoms with E-state index in [1.165, 1.54) is 4.91 Å². The summed E-state index contributed by atoms with van der Waals surface area (Å²) in [6.07, 6.45) is 3.09. The molecule has 2 aromatic rings. The second-order valence-corrected chi connectivity index (χ2v) is 9.59. The van der Waals surface area contributed by atoms with Crippen molar-refractivity contribution in [2.75, 3.05) is 12.5 Å². The minimum atomic E-state index is -3.47. The molecule has 192 valence electrons. The molecule has 0 saturated carbocycles. The Hall–Kier alpha value is -3.39. The summed E-state index contributed by atoms with van der Waals surface area (Å²) in [5.74, 6) is 0.197. The molecule has 0 unspecified atom stereocenters. The van der Waals surface area contributed by atoms with Crippen molar-refractivity contribution in [3.8, 4) is 0 Å². The van der Waals surface area contributed by atoms with Gasteiger partial charge in [0.25, 0.3) is 0 Å². The monoisotopic (exact) mass is 559 g/mol. The minimum absolute atomic E-state index is 0. The van der Waals surface area contributed by atoms with Crippen LogP contribution in [0.5, 0.6) is 0 Å². The van der Waals surface area contributed by atoms with Gasteiger partial charge in [-0.3, -0.25) is 14.5 Å². The van der Waals surface area contributed by atoms with Crippen LogP contribution in [0.3, 0.4) is 0 Å². The van der Waals surface area contributed by atoms with Crippen LogP contribution in [0.2, 0.25) is 0 Å². The average Bonchev–Trinajstić information content (AvgIpc) is 2.80. The number of nitrogens with zero attached hydrogens (tertiary/aromatic N) is 9.